The van der Waals surface area contributed by atoms with Gasteiger partial charge in [-0.25, -0.2) is 9.18 Å². The second-order valence-corrected chi connectivity index (χ2v) is 3.21. The van der Waals surface area contributed by atoms with E-state index in [0.717, 1.165) is 5.57 Å². The minimum absolute atomic E-state index is 0.221. The Hall–Kier alpha value is -0.860. The summed E-state index contributed by atoms with van der Waals surface area (Å²) >= 11 is 0. The van der Waals surface area contributed by atoms with Gasteiger partial charge in [0.25, 0.3) is 0 Å². The van der Waals surface area contributed by atoms with E-state index in [1.807, 2.05) is 0 Å². The van der Waals surface area contributed by atoms with Crippen LogP contribution in [0.4, 0.5) is 4.39 Å². The quantitative estimate of drug-likeness (QED) is 0.446. The highest BCUT2D eigenvalue weighted by Gasteiger charge is 2.41. The number of halogens is 1. The monoisotopic (exact) mass is 172 g/mol. The lowest BCUT2D eigenvalue weighted by Gasteiger charge is -2.27. The molecule has 0 aromatic heterocycles. The summed E-state index contributed by atoms with van der Waals surface area (Å²) in [5.74, 6) is -0.741. The normalized spacial score (nSPS) is 22.0. The van der Waals surface area contributed by atoms with Gasteiger partial charge in [-0.1, -0.05) is 12.2 Å². The van der Waals surface area contributed by atoms with Gasteiger partial charge in [0.05, 0.1) is 7.11 Å². The van der Waals surface area contributed by atoms with Crippen LogP contribution in [0.5, 0.6) is 0 Å². The third-order valence-corrected chi connectivity index (χ3v) is 2.30. The van der Waals surface area contributed by atoms with Crippen LogP contribution in [-0.4, -0.2) is 18.7 Å². The van der Waals surface area contributed by atoms with Crippen LogP contribution in [0.3, 0.4) is 0 Å². The van der Waals surface area contributed by atoms with E-state index in [9.17, 15) is 9.18 Å². The summed E-state index contributed by atoms with van der Waals surface area (Å²) in [5.41, 5.74) is -0.733. The molecule has 1 aliphatic rings. The molecule has 2 nitrogen and oxygen atoms in total. The molecule has 12 heavy (non-hydrogen) atoms. The molecule has 0 aromatic carbocycles. The van der Waals surface area contributed by atoms with E-state index in [1.165, 1.54) is 7.11 Å². The van der Waals surface area contributed by atoms with Crippen LogP contribution < -0.4 is 0 Å². The van der Waals surface area contributed by atoms with Crippen LogP contribution in [0.2, 0.25) is 0 Å². The number of hydrogen-bond donors (Lipinski definition) is 0. The molecule has 0 atom stereocenters. The zero-order valence-electron chi connectivity index (χ0n) is 7.23. The molecule has 0 spiro atoms. The first kappa shape index (κ1) is 9.23. The highest BCUT2D eigenvalue weighted by atomic mass is 19.1. The average Bonchev–Trinajstić information content (AvgIpc) is 2.09. The Morgan fingerprint density at radius 3 is 2.50 bits per heavy atom. The fourth-order valence-corrected chi connectivity index (χ4v) is 1.39. The number of esters is 1. The Balaban J connectivity index is 2.61. The fraction of sp³-hybridized carbons (Fsp3) is 0.667. The smallest absolute Gasteiger partial charge is 0.343 e. The molecule has 0 aliphatic heterocycles. The lowest BCUT2D eigenvalue weighted by Crippen LogP contribution is -2.37. The number of ether oxygens (including phenoxy) is 1. The number of allylic oxidation sites excluding steroid dienone is 1. The van der Waals surface area contributed by atoms with Crippen molar-refractivity contribution in [3.8, 4) is 0 Å². The summed E-state index contributed by atoms with van der Waals surface area (Å²) in [5, 5.41) is 0. The highest BCUT2D eigenvalue weighted by Crippen LogP contribution is 2.34. The van der Waals surface area contributed by atoms with Crippen LogP contribution in [0.15, 0.2) is 12.2 Å². The number of carbonyl (C=O) groups is 1. The number of methoxy groups -OCH3 is 1. The Bertz CT molecular complexity index is 201. The van der Waals surface area contributed by atoms with Gasteiger partial charge < -0.3 is 4.74 Å². The standard InChI is InChI=1S/C9H13FO2/c1-7-3-5-9(10,6-4-7)8(11)12-2/h1,3-6H2,2H3. The van der Waals surface area contributed by atoms with Crippen molar-refractivity contribution in [2.75, 3.05) is 7.11 Å². The van der Waals surface area contributed by atoms with E-state index in [0.29, 0.717) is 12.8 Å². The van der Waals surface area contributed by atoms with E-state index in [4.69, 9.17) is 0 Å². The van der Waals surface area contributed by atoms with Gasteiger partial charge in [0.15, 0.2) is 0 Å². The minimum Gasteiger partial charge on any atom is -0.467 e. The minimum atomic E-state index is -1.75. The van der Waals surface area contributed by atoms with Crippen LogP contribution in [0.1, 0.15) is 25.7 Å². The van der Waals surface area contributed by atoms with Crippen molar-refractivity contribution in [1.82, 2.24) is 0 Å². The van der Waals surface area contributed by atoms with Gasteiger partial charge in [-0.2, -0.15) is 0 Å². The van der Waals surface area contributed by atoms with Gasteiger partial charge in [0.2, 0.25) is 5.67 Å². The molecule has 0 heterocycles. The summed E-state index contributed by atoms with van der Waals surface area (Å²) in [6.45, 7) is 3.75. The van der Waals surface area contributed by atoms with Gasteiger partial charge in [0, 0.05) is 0 Å². The predicted molar refractivity (Wildman–Crippen MR) is 43.5 cm³/mol. The van der Waals surface area contributed by atoms with Crippen molar-refractivity contribution in [3.05, 3.63) is 12.2 Å². The molecular formula is C9H13FO2. The van der Waals surface area contributed by atoms with Gasteiger partial charge in [-0.15, -0.1) is 0 Å². The van der Waals surface area contributed by atoms with Crippen molar-refractivity contribution in [2.45, 2.75) is 31.4 Å². The largest absolute Gasteiger partial charge is 0.467 e. The highest BCUT2D eigenvalue weighted by molar-refractivity contribution is 5.79. The molecule has 1 fully saturated rings. The van der Waals surface area contributed by atoms with E-state index in [2.05, 4.69) is 11.3 Å². The third kappa shape index (κ3) is 1.65. The fourth-order valence-electron chi connectivity index (χ4n) is 1.39. The van der Waals surface area contributed by atoms with Crippen molar-refractivity contribution < 1.29 is 13.9 Å². The predicted octanol–water partition coefficient (Wildman–Crippen LogP) is 2.00. The second-order valence-electron chi connectivity index (χ2n) is 3.21. The van der Waals surface area contributed by atoms with Crippen molar-refractivity contribution in [2.24, 2.45) is 0 Å². The van der Waals surface area contributed by atoms with Crippen LogP contribution in [0, 0.1) is 0 Å². The molecular weight excluding hydrogens is 159 g/mol. The summed E-state index contributed by atoms with van der Waals surface area (Å²) in [4.78, 5) is 11.0. The molecule has 0 N–H and O–H groups in total. The maximum atomic E-state index is 13.6. The third-order valence-electron chi connectivity index (χ3n) is 2.30. The SMILES string of the molecule is C=C1CCC(F)(C(=O)OC)CC1. The van der Waals surface area contributed by atoms with E-state index >= 15 is 0 Å². The first-order valence-corrected chi connectivity index (χ1v) is 4.02. The van der Waals surface area contributed by atoms with Gasteiger partial charge in [-0.05, 0) is 25.7 Å². The van der Waals surface area contributed by atoms with Crippen LogP contribution >= 0.6 is 0 Å². The van der Waals surface area contributed by atoms with Crippen molar-refractivity contribution >= 4 is 5.97 Å². The molecule has 1 saturated carbocycles. The van der Waals surface area contributed by atoms with E-state index in [1.54, 1.807) is 0 Å². The maximum absolute atomic E-state index is 13.6. The molecule has 1 aliphatic carbocycles. The first-order valence-electron chi connectivity index (χ1n) is 4.02. The van der Waals surface area contributed by atoms with E-state index < -0.39 is 11.6 Å². The number of alkyl halides is 1. The zero-order chi connectivity index (χ0) is 9.19. The summed E-state index contributed by atoms with van der Waals surface area (Å²) in [7, 11) is 1.22. The Kier molecular flexibility index (Phi) is 2.50. The molecule has 3 heteroatoms. The summed E-state index contributed by atoms with van der Waals surface area (Å²) in [6.07, 6.45) is 1.62. The zero-order valence-corrected chi connectivity index (χ0v) is 7.23. The van der Waals surface area contributed by atoms with E-state index in [-0.39, 0.29) is 12.8 Å². The van der Waals surface area contributed by atoms with Gasteiger partial charge in [0.1, 0.15) is 0 Å². The molecule has 68 valence electrons. The van der Waals surface area contributed by atoms with Crippen molar-refractivity contribution in [3.63, 3.8) is 0 Å². The molecule has 0 saturated heterocycles. The Morgan fingerprint density at radius 2 is 2.08 bits per heavy atom. The topological polar surface area (TPSA) is 26.3 Å². The lowest BCUT2D eigenvalue weighted by molar-refractivity contribution is -0.156. The van der Waals surface area contributed by atoms with Crippen molar-refractivity contribution in [1.29, 1.82) is 0 Å². The maximum Gasteiger partial charge on any atom is 0.343 e. The van der Waals surface area contributed by atoms with Crippen LogP contribution in [0.25, 0.3) is 0 Å². The number of carbonyl (C=O) groups excluding carboxylic acids is 1. The molecule has 0 aromatic rings. The Labute approximate surface area is 71.4 Å². The number of rotatable bonds is 1. The summed E-state index contributed by atoms with van der Waals surface area (Å²) in [6, 6.07) is 0. The van der Waals surface area contributed by atoms with Gasteiger partial charge >= 0.3 is 5.97 Å². The van der Waals surface area contributed by atoms with Gasteiger partial charge in [-0.3, -0.25) is 0 Å². The molecule has 1 rings (SSSR count). The van der Waals surface area contributed by atoms with Crippen LogP contribution in [-0.2, 0) is 9.53 Å². The molecule has 0 amide bonds. The summed E-state index contributed by atoms with van der Waals surface area (Å²) < 4.78 is 18.0. The molecule has 0 bridgehead atoms. The number of hydrogen-bond acceptors (Lipinski definition) is 2. The first-order chi connectivity index (χ1) is 5.58. The molecule has 0 unspecified atom stereocenters. The second kappa shape index (κ2) is 3.25. The lowest BCUT2D eigenvalue weighted by atomic mass is 9.84. The Morgan fingerprint density at radius 1 is 1.58 bits per heavy atom. The average molecular weight is 172 g/mol. The molecule has 0 radical (unpaired) electrons.